The Morgan fingerprint density at radius 2 is 1.89 bits per heavy atom. The van der Waals surface area contributed by atoms with Crippen molar-refractivity contribution < 1.29 is 9.53 Å². The van der Waals surface area contributed by atoms with E-state index >= 15 is 0 Å². The van der Waals surface area contributed by atoms with E-state index in [1.54, 1.807) is 18.2 Å². The number of hydrogen-bond donors (Lipinski definition) is 2. The Labute approximate surface area is 178 Å². The van der Waals surface area contributed by atoms with Gasteiger partial charge in [0.05, 0.1) is 21.8 Å². The molecule has 4 nitrogen and oxygen atoms in total. The predicted molar refractivity (Wildman–Crippen MR) is 116 cm³/mol. The normalized spacial score (nSPS) is 11.2. The smallest absolute Gasteiger partial charge is 0.319 e. The summed E-state index contributed by atoms with van der Waals surface area (Å²) in [6.07, 6.45) is 0.671. The number of ether oxygens (including phenoxy) is 1. The van der Waals surface area contributed by atoms with Gasteiger partial charge >= 0.3 is 6.03 Å². The molecule has 0 fully saturated rings. The zero-order valence-corrected chi connectivity index (χ0v) is 18.6. The van der Waals surface area contributed by atoms with E-state index < -0.39 is 0 Å². The van der Waals surface area contributed by atoms with Gasteiger partial charge in [-0.1, -0.05) is 50.0 Å². The van der Waals surface area contributed by atoms with Crippen LogP contribution in [0.5, 0.6) is 5.75 Å². The molecule has 0 aliphatic heterocycles. The second kappa shape index (κ2) is 9.67. The molecule has 0 atom stereocenters. The summed E-state index contributed by atoms with van der Waals surface area (Å²) in [7, 11) is 0. The zero-order valence-electron chi connectivity index (χ0n) is 15.5. The van der Waals surface area contributed by atoms with Crippen molar-refractivity contribution in [2.45, 2.75) is 32.6 Å². The average Bonchev–Trinajstić information content (AvgIpc) is 2.58. The van der Waals surface area contributed by atoms with Crippen LogP contribution in [0.2, 0.25) is 10.0 Å². The van der Waals surface area contributed by atoms with E-state index in [2.05, 4.69) is 59.5 Å². The first-order valence-electron chi connectivity index (χ1n) is 8.59. The van der Waals surface area contributed by atoms with Gasteiger partial charge in [0.25, 0.3) is 0 Å². The SMILES string of the molecule is CC(C)(C)c1ccc(OCCCNC(=O)Nc2cc(Cl)ccc2Cl)c(Br)c1. The summed E-state index contributed by atoms with van der Waals surface area (Å²) in [6, 6.07) is 10.7. The van der Waals surface area contributed by atoms with Gasteiger partial charge in [-0.15, -0.1) is 0 Å². The molecule has 0 spiro atoms. The predicted octanol–water partition coefficient (Wildman–Crippen LogP) is 6.64. The molecule has 0 aliphatic rings. The van der Waals surface area contributed by atoms with Crippen LogP contribution in [0.25, 0.3) is 0 Å². The van der Waals surface area contributed by atoms with Crippen LogP contribution in [-0.2, 0) is 5.41 Å². The van der Waals surface area contributed by atoms with Crippen molar-refractivity contribution in [2.75, 3.05) is 18.5 Å². The average molecular weight is 474 g/mol. The summed E-state index contributed by atoms with van der Waals surface area (Å²) in [5.41, 5.74) is 1.80. The van der Waals surface area contributed by atoms with Gasteiger partial charge in [0.1, 0.15) is 5.75 Å². The molecule has 0 saturated carbocycles. The molecule has 2 amide bonds. The maximum Gasteiger partial charge on any atom is 0.319 e. The molecular formula is C20H23BrCl2N2O2. The Kier molecular flexibility index (Phi) is 7.83. The van der Waals surface area contributed by atoms with Gasteiger partial charge in [-0.25, -0.2) is 4.79 Å². The standard InChI is InChI=1S/C20H23BrCl2N2O2/c1-20(2,3)13-5-8-18(15(21)11-13)27-10-4-9-24-19(26)25-17-12-14(22)6-7-16(17)23/h5-8,11-12H,4,9-10H2,1-3H3,(H2,24,25,26). The van der Waals surface area contributed by atoms with Crippen LogP contribution in [-0.4, -0.2) is 19.2 Å². The molecule has 0 heterocycles. The minimum Gasteiger partial charge on any atom is -0.492 e. The summed E-state index contributed by atoms with van der Waals surface area (Å²) >= 11 is 15.5. The summed E-state index contributed by atoms with van der Waals surface area (Å²) in [4.78, 5) is 11.9. The number of carbonyl (C=O) groups is 1. The Morgan fingerprint density at radius 3 is 2.56 bits per heavy atom. The van der Waals surface area contributed by atoms with Crippen LogP contribution in [0.4, 0.5) is 10.5 Å². The highest BCUT2D eigenvalue weighted by molar-refractivity contribution is 9.10. The maximum atomic E-state index is 11.9. The minimum absolute atomic E-state index is 0.0875. The molecule has 2 N–H and O–H groups in total. The highest BCUT2D eigenvalue weighted by atomic mass is 79.9. The van der Waals surface area contributed by atoms with Gasteiger partial charge in [-0.3, -0.25) is 0 Å². The van der Waals surface area contributed by atoms with E-state index in [0.717, 1.165) is 10.2 Å². The third-order valence-corrected chi connectivity index (χ3v) is 5.02. The van der Waals surface area contributed by atoms with Crippen LogP contribution in [0.15, 0.2) is 40.9 Å². The lowest BCUT2D eigenvalue weighted by molar-refractivity contribution is 0.250. The topological polar surface area (TPSA) is 50.4 Å². The summed E-state index contributed by atoms with van der Waals surface area (Å²) in [5.74, 6) is 0.790. The van der Waals surface area contributed by atoms with E-state index in [1.807, 2.05) is 6.07 Å². The number of halogens is 3. The number of rotatable bonds is 6. The molecule has 2 aromatic rings. The quantitative estimate of drug-likeness (QED) is 0.461. The van der Waals surface area contributed by atoms with E-state index in [4.69, 9.17) is 27.9 Å². The van der Waals surface area contributed by atoms with Gasteiger partial charge in [0.15, 0.2) is 0 Å². The van der Waals surface area contributed by atoms with Crippen molar-refractivity contribution in [1.29, 1.82) is 0 Å². The third-order valence-electron chi connectivity index (χ3n) is 3.84. The summed E-state index contributed by atoms with van der Waals surface area (Å²) < 4.78 is 6.71. The van der Waals surface area contributed by atoms with Gasteiger partial charge in [0.2, 0.25) is 0 Å². The molecule has 0 aromatic heterocycles. The number of carbonyl (C=O) groups excluding carboxylic acids is 1. The lowest BCUT2D eigenvalue weighted by Crippen LogP contribution is -2.30. The fraction of sp³-hybridized carbons (Fsp3) is 0.350. The Balaban J connectivity index is 1.74. The molecule has 2 rings (SSSR count). The molecule has 146 valence electrons. The number of benzene rings is 2. The molecule has 0 unspecified atom stereocenters. The first kappa shape index (κ1) is 21.9. The van der Waals surface area contributed by atoms with Crippen LogP contribution < -0.4 is 15.4 Å². The fourth-order valence-corrected chi connectivity index (χ4v) is 3.13. The fourth-order valence-electron chi connectivity index (χ4n) is 2.30. The van der Waals surface area contributed by atoms with Crippen molar-refractivity contribution in [3.05, 3.63) is 56.5 Å². The maximum absolute atomic E-state index is 11.9. The van der Waals surface area contributed by atoms with Gasteiger partial charge in [-0.2, -0.15) is 0 Å². The van der Waals surface area contributed by atoms with Crippen LogP contribution in [0.3, 0.4) is 0 Å². The van der Waals surface area contributed by atoms with Crippen molar-refractivity contribution in [3.63, 3.8) is 0 Å². The van der Waals surface area contributed by atoms with Gasteiger partial charge in [-0.05, 0) is 63.7 Å². The first-order chi connectivity index (χ1) is 12.7. The molecule has 0 bridgehead atoms. The second-order valence-electron chi connectivity index (χ2n) is 7.10. The second-order valence-corrected chi connectivity index (χ2v) is 8.80. The summed E-state index contributed by atoms with van der Waals surface area (Å²) in [5, 5.41) is 6.38. The van der Waals surface area contributed by atoms with Crippen molar-refractivity contribution in [2.24, 2.45) is 0 Å². The highest BCUT2D eigenvalue weighted by Gasteiger charge is 2.15. The van der Waals surface area contributed by atoms with Crippen LogP contribution in [0.1, 0.15) is 32.8 Å². The molecule has 0 saturated heterocycles. The monoisotopic (exact) mass is 472 g/mol. The zero-order chi connectivity index (χ0) is 20.0. The van der Waals surface area contributed by atoms with Crippen molar-refractivity contribution >= 4 is 50.9 Å². The Hall–Kier alpha value is -1.43. The Morgan fingerprint density at radius 1 is 1.15 bits per heavy atom. The largest absolute Gasteiger partial charge is 0.492 e. The molecule has 27 heavy (non-hydrogen) atoms. The molecule has 7 heteroatoms. The molecular weight excluding hydrogens is 451 g/mol. The molecule has 2 aromatic carbocycles. The third kappa shape index (κ3) is 6.91. The van der Waals surface area contributed by atoms with Crippen LogP contribution in [0, 0.1) is 0 Å². The molecule has 0 radical (unpaired) electrons. The number of hydrogen-bond acceptors (Lipinski definition) is 2. The number of urea groups is 1. The Bertz CT molecular complexity index is 807. The van der Waals surface area contributed by atoms with Crippen molar-refractivity contribution in [3.8, 4) is 5.75 Å². The van der Waals surface area contributed by atoms with E-state index in [-0.39, 0.29) is 11.4 Å². The number of nitrogens with one attached hydrogen (secondary N) is 2. The van der Waals surface area contributed by atoms with Crippen molar-refractivity contribution in [1.82, 2.24) is 5.32 Å². The van der Waals surface area contributed by atoms with E-state index in [9.17, 15) is 4.79 Å². The number of anilines is 1. The highest BCUT2D eigenvalue weighted by Crippen LogP contribution is 2.31. The minimum atomic E-state index is -0.338. The number of amides is 2. The first-order valence-corrected chi connectivity index (χ1v) is 10.1. The lowest BCUT2D eigenvalue weighted by Gasteiger charge is -2.20. The molecule has 0 aliphatic carbocycles. The van der Waals surface area contributed by atoms with E-state index in [1.165, 1.54) is 5.56 Å². The van der Waals surface area contributed by atoms with E-state index in [0.29, 0.717) is 35.3 Å². The lowest BCUT2D eigenvalue weighted by atomic mass is 9.87. The summed E-state index contributed by atoms with van der Waals surface area (Å²) in [6.45, 7) is 7.47. The van der Waals surface area contributed by atoms with Gasteiger partial charge in [0, 0.05) is 11.6 Å². The van der Waals surface area contributed by atoms with Crippen LogP contribution >= 0.6 is 39.1 Å². The van der Waals surface area contributed by atoms with Gasteiger partial charge < -0.3 is 15.4 Å².